The Morgan fingerprint density at radius 3 is 2.68 bits per heavy atom. The van der Waals surface area contributed by atoms with Crippen molar-refractivity contribution in [3.63, 3.8) is 0 Å². The average Bonchev–Trinajstić information content (AvgIpc) is 3.07. The Morgan fingerprint density at radius 2 is 1.86 bits per heavy atom. The molecule has 0 atom stereocenters. The molecule has 2 aromatic carbocycles. The highest BCUT2D eigenvalue weighted by Gasteiger charge is 2.25. The number of hydrogen-bond acceptors (Lipinski definition) is 4. The lowest BCUT2D eigenvalue weighted by molar-refractivity contribution is 0.625. The van der Waals surface area contributed by atoms with Crippen LogP contribution in [0.25, 0.3) is 17.1 Å². The van der Waals surface area contributed by atoms with Crippen molar-refractivity contribution >= 4 is 17.3 Å². The number of hydrogen-bond donors (Lipinski definition) is 0. The summed E-state index contributed by atoms with van der Waals surface area (Å²) < 4.78 is 16.5. The molecule has 3 heterocycles. The maximum atomic E-state index is 14.5. The lowest BCUT2D eigenvalue weighted by Gasteiger charge is -2.14. The molecule has 0 amide bonds. The zero-order valence-corrected chi connectivity index (χ0v) is 15.3. The highest BCUT2D eigenvalue weighted by molar-refractivity contribution is 6.31. The van der Waals surface area contributed by atoms with Gasteiger partial charge in [-0.3, -0.25) is 14.5 Å². The van der Waals surface area contributed by atoms with Crippen molar-refractivity contribution < 1.29 is 4.39 Å². The van der Waals surface area contributed by atoms with Crippen molar-refractivity contribution in [2.24, 2.45) is 4.99 Å². The zero-order valence-electron chi connectivity index (χ0n) is 14.5. The van der Waals surface area contributed by atoms with Gasteiger partial charge in [-0.1, -0.05) is 23.7 Å². The number of halogens is 2. The van der Waals surface area contributed by atoms with Crippen LogP contribution >= 0.6 is 11.6 Å². The molecule has 2 aromatic heterocycles. The van der Waals surface area contributed by atoms with Crippen LogP contribution in [0.15, 0.2) is 72.0 Å². The van der Waals surface area contributed by atoms with Crippen LogP contribution in [0, 0.1) is 5.82 Å². The third-order valence-electron chi connectivity index (χ3n) is 4.61. The van der Waals surface area contributed by atoms with Gasteiger partial charge < -0.3 is 0 Å². The zero-order chi connectivity index (χ0) is 19.1. The Labute approximate surface area is 165 Å². The molecule has 1 aliphatic heterocycles. The summed E-state index contributed by atoms with van der Waals surface area (Å²) in [5.74, 6) is 0.975. The molecule has 0 spiro atoms. The third-order valence-corrected chi connectivity index (χ3v) is 4.85. The second kappa shape index (κ2) is 6.65. The maximum Gasteiger partial charge on any atom is 0.170 e. The first-order chi connectivity index (χ1) is 13.7. The monoisotopic (exact) mass is 389 g/mol. The number of benzene rings is 2. The van der Waals surface area contributed by atoms with Gasteiger partial charge in [0.15, 0.2) is 11.6 Å². The molecule has 136 valence electrons. The molecule has 0 saturated heterocycles. The highest BCUT2D eigenvalue weighted by atomic mass is 35.5. The van der Waals surface area contributed by atoms with E-state index in [1.165, 1.54) is 6.07 Å². The molecule has 0 fully saturated rings. The maximum absolute atomic E-state index is 14.5. The molecule has 5 nitrogen and oxygen atoms in total. The van der Waals surface area contributed by atoms with Gasteiger partial charge in [-0.25, -0.2) is 4.39 Å². The van der Waals surface area contributed by atoms with Crippen molar-refractivity contribution in [1.29, 1.82) is 0 Å². The minimum atomic E-state index is -0.336. The Balaban J connectivity index is 1.78. The summed E-state index contributed by atoms with van der Waals surface area (Å²) in [6, 6.07) is 15.8. The fourth-order valence-corrected chi connectivity index (χ4v) is 3.54. The van der Waals surface area contributed by atoms with E-state index in [1.807, 2.05) is 22.8 Å². The summed E-state index contributed by atoms with van der Waals surface area (Å²) >= 11 is 6.28. The van der Waals surface area contributed by atoms with Gasteiger partial charge in [0.2, 0.25) is 0 Å². The molecule has 28 heavy (non-hydrogen) atoms. The Hall–Kier alpha value is -3.38. The lowest BCUT2D eigenvalue weighted by atomic mass is 10.00. The number of rotatable bonds is 2. The van der Waals surface area contributed by atoms with Gasteiger partial charge in [-0.05, 0) is 42.5 Å². The Bertz CT molecular complexity index is 1220. The molecular formula is C21H13ClFN5. The van der Waals surface area contributed by atoms with E-state index in [1.54, 1.807) is 42.7 Å². The quantitative estimate of drug-likeness (QED) is 0.508. The molecule has 4 aromatic rings. The minimum Gasteiger partial charge on any atom is -0.277 e. The molecular weight excluding hydrogens is 377 g/mol. The second-order valence-electron chi connectivity index (χ2n) is 6.32. The fourth-order valence-electron chi connectivity index (χ4n) is 3.37. The standard InChI is InChI=1S/C21H13ClFN5/c22-14-7-8-18-16(10-14)20(15-5-1-2-6-17(15)23)25-12-19-26-27-21(28(18)19)13-4-3-9-24-11-13/h1-11H,12H2. The van der Waals surface area contributed by atoms with E-state index in [4.69, 9.17) is 11.6 Å². The first kappa shape index (κ1) is 16.8. The van der Waals surface area contributed by atoms with Crippen LogP contribution < -0.4 is 0 Å². The summed E-state index contributed by atoms with van der Waals surface area (Å²) in [5, 5.41) is 9.20. The summed E-state index contributed by atoms with van der Waals surface area (Å²) in [7, 11) is 0. The van der Waals surface area contributed by atoms with Crippen LogP contribution in [0.3, 0.4) is 0 Å². The summed E-state index contributed by atoms with van der Waals surface area (Å²) in [6.07, 6.45) is 3.44. The van der Waals surface area contributed by atoms with Crippen molar-refractivity contribution in [3.8, 4) is 17.1 Å². The van der Waals surface area contributed by atoms with Crippen LogP contribution in [0.2, 0.25) is 5.02 Å². The van der Waals surface area contributed by atoms with Gasteiger partial charge in [0.05, 0.1) is 11.4 Å². The Kier molecular flexibility index (Phi) is 3.98. The molecule has 0 unspecified atom stereocenters. The number of aliphatic imine (C=N–C) groups is 1. The van der Waals surface area contributed by atoms with E-state index < -0.39 is 0 Å². The van der Waals surface area contributed by atoms with Crippen molar-refractivity contribution in [1.82, 2.24) is 19.7 Å². The SMILES string of the molecule is Fc1ccccc1C1=NCc2nnc(-c3cccnc3)n2-c2ccc(Cl)cc21. The van der Waals surface area contributed by atoms with E-state index in [-0.39, 0.29) is 12.4 Å². The first-order valence-electron chi connectivity index (χ1n) is 8.67. The van der Waals surface area contributed by atoms with Crippen molar-refractivity contribution in [3.05, 3.63) is 94.8 Å². The highest BCUT2D eigenvalue weighted by Crippen LogP contribution is 2.31. The second-order valence-corrected chi connectivity index (χ2v) is 6.76. The fraction of sp³-hybridized carbons (Fsp3) is 0.0476. The largest absolute Gasteiger partial charge is 0.277 e. The molecule has 0 saturated carbocycles. The van der Waals surface area contributed by atoms with Gasteiger partial charge in [0.1, 0.15) is 12.4 Å². The van der Waals surface area contributed by atoms with E-state index in [9.17, 15) is 4.39 Å². The third kappa shape index (κ3) is 2.70. The van der Waals surface area contributed by atoms with Crippen LogP contribution in [0.5, 0.6) is 0 Å². The molecule has 0 bridgehead atoms. The van der Waals surface area contributed by atoms with Crippen molar-refractivity contribution in [2.75, 3.05) is 0 Å². The van der Waals surface area contributed by atoms with Gasteiger partial charge in [0, 0.05) is 34.1 Å². The number of nitrogens with zero attached hydrogens (tertiary/aromatic N) is 5. The van der Waals surface area contributed by atoms with Gasteiger partial charge in [-0.15, -0.1) is 10.2 Å². The molecule has 5 rings (SSSR count). The smallest absolute Gasteiger partial charge is 0.170 e. The number of aromatic nitrogens is 4. The van der Waals surface area contributed by atoms with E-state index in [0.29, 0.717) is 27.9 Å². The predicted molar refractivity (Wildman–Crippen MR) is 105 cm³/mol. The topological polar surface area (TPSA) is 56.0 Å². The van der Waals surface area contributed by atoms with Crippen LogP contribution in [0.4, 0.5) is 4.39 Å². The minimum absolute atomic E-state index is 0.267. The van der Waals surface area contributed by atoms with Crippen LogP contribution in [-0.2, 0) is 6.54 Å². The van der Waals surface area contributed by atoms with Crippen molar-refractivity contribution in [2.45, 2.75) is 6.54 Å². The van der Waals surface area contributed by atoms with Crippen LogP contribution in [0.1, 0.15) is 17.0 Å². The normalized spacial score (nSPS) is 12.7. The average molecular weight is 390 g/mol. The predicted octanol–water partition coefficient (Wildman–Crippen LogP) is 4.47. The molecule has 0 radical (unpaired) electrons. The van der Waals surface area contributed by atoms with E-state index in [2.05, 4.69) is 20.2 Å². The van der Waals surface area contributed by atoms with E-state index in [0.717, 1.165) is 16.8 Å². The molecule has 7 heteroatoms. The molecule has 0 aliphatic carbocycles. The summed E-state index contributed by atoms with van der Waals surface area (Å²) in [5.41, 5.74) is 3.31. The number of fused-ring (bicyclic) bond motifs is 3. The van der Waals surface area contributed by atoms with Gasteiger partial charge >= 0.3 is 0 Å². The van der Waals surface area contributed by atoms with E-state index >= 15 is 0 Å². The summed E-state index contributed by atoms with van der Waals surface area (Å²) in [4.78, 5) is 8.84. The number of pyridine rings is 1. The summed E-state index contributed by atoms with van der Waals surface area (Å²) in [6.45, 7) is 0.267. The molecule has 1 aliphatic rings. The van der Waals surface area contributed by atoms with Crippen LogP contribution in [-0.4, -0.2) is 25.5 Å². The first-order valence-corrected chi connectivity index (χ1v) is 9.04. The van der Waals surface area contributed by atoms with Gasteiger partial charge in [-0.2, -0.15) is 0 Å². The lowest BCUT2D eigenvalue weighted by Crippen LogP contribution is -2.09. The Morgan fingerprint density at radius 1 is 0.964 bits per heavy atom. The van der Waals surface area contributed by atoms with Gasteiger partial charge in [0.25, 0.3) is 0 Å². The molecule has 0 N–H and O–H groups in total.